The fourth-order valence-electron chi connectivity index (χ4n) is 3.82. The first-order valence-corrected chi connectivity index (χ1v) is 8.88. The summed E-state index contributed by atoms with van der Waals surface area (Å²) in [6, 6.07) is 4.03. The van der Waals surface area contributed by atoms with E-state index in [2.05, 4.69) is 21.2 Å². The van der Waals surface area contributed by atoms with E-state index in [0.29, 0.717) is 10.9 Å². The summed E-state index contributed by atoms with van der Waals surface area (Å²) < 4.78 is 16.4. The van der Waals surface area contributed by atoms with Gasteiger partial charge in [0.2, 0.25) is 0 Å². The van der Waals surface area contributed by atoms with Crippen LogP contribution in [0.2, 0.25) is 5.02 Å². The zero-order valence-corrected chi connectivity index (χ0v) is 14.5. The average molecular weight is 355 g/mol. The molecule has 5 rings (SSSR count). The van der Waals surface area contributed by atoms with Gasteiger partial charge in [-0.1, -0.05) is 11.6 Å². The Morgan fingerprint density at radius 3 is 2.80 bits per heavy atom. The first-order chi connectivity index (χ1) is 12.1. The lowest BCUT2D eigenvalue weighted by molar-refractivity contribution is 0.605. The molecule has 2 aliphatic rings. The van der Waals surface area contributed by atoms with E-state index in [0.717, 1.165) is 65.3 Å². The van der Waals surface area contributed by atoms with Crippen molar-refractivity contribution >= 4 is 11.6 Å². The van der Waals surface area contributed by atoms with Crippen LogP contribution in [-0.4, -0.2) is 19.7 Å². The molecule has 0 unspecified atom stereocenters. The molecular formula is C19H16ClFN4. The molecule has 0 atom stereocenters. The average Bonchev–Trinajstić information content (AvgIpc) is 3.37. The molecule has 0 amide bonds. The van der Waals surface area contributed by atoms with Crippen molar-refractivity contribution in [2.75, 3.05) is 0 Å². The molecule has 0 radical (unpaired) electrons. The molecule has 4 nitrogen and oxygen atoms in total. The summed E-state index contributed by atoms with van der Waals surface area (Å²) in [5.41, 5.74) is 4.67. The van der Waals surface area contributed by atoms with Gasteiger partial charge in [-0.2, -0.15) is 0 Å². The van der Waals surface area contributed by atoms with E-state index in [9.17, 15) is 4.39 Å². The van der Waals surface area contributed by atoms with Crippen molar-refractivity contribution in [1.82, 2.24) is 19.7 Å². The summed E-state index contributed by atoms with van der Waals surface area (Å²) in [5.74, 6) is 1.85. The van der Waals surface area contributed by atoms with Gasteiger partial charge < -0.3 is 0 Å². The highest BCUT2D eigenvalue weighted by Crippen LogP contribution is 2.46. The number of aromatic nitrogens is 4. The maximum atomic E-state index is 14.4. The Labute approximate surface area is 149 Å². The summed E-state index contributed by atoms with van der Waals surface area (Å²) in [5, 5.41) is 9.04. The fraction of sp³-hybridized carbons (Fsp3) is 0.316. The van der Waals surface area contributed by atoms with E-state index in [1.165, 1.54) is 6.20 Å². The normalized spacial score (nSPS) is 15.8. The second-order valence-electron chi connectivity index (χ2n) is 6.82. The maximum absolute atomic E-state index is 14.4. The molecule has 126 valence electrons. The van der Waals surface area contributed by atoms with Gasteiger partial charge in [0.15, 0.2) is 0 Å². The highest BCUT2D eigenvalue weighted by atomic mass is 35.5. The summed E-state index contributed by atoms with van der Waals surface area (Å²) >= 11 is 6.65. The molecule has 6 heteroatoms. The number of aryl methyl sites for hydroxylation is 3. The van der Waals surface area contributed by atoms with Crippen LogP contribution in [-0.2, 0) is 12.8 Å². The lowest BCUT2D eigenvalue weighted by Crippen LogP contribution is -2.14. The molecule has 1 aliphatic carbocycles. The highest BCUT2D eigenvalue weighted by Gasteiger charge is 2.30. The third kappa shape index (κ3) is 2.29. The lowest BCUT2D eigenvalue weighted by Gasteiger charge is -2.22. The number of hydrogen-bond acceptors (Lipinski definition) is 3. The van der Waals surface area contributed by atoms with Gasteiger partial charge in [0.1, 0.15) is 17.5 Å². The third-order valence-corrected chi connectivity index (χ3v) is 5.40. The van der Waals surface area contributed by atoms with Gasteiger partial charge in [0.05, 0.1) is 16.9 Å². The van der Waals surface area contributed by atoms with Crippen molar-refractivity contribution < 1.29 is 4.39 Å². The van der Waals surface area contributed by atoms with Gasteiger partial charge in [0.25, 0.3) is 0 Å². The maximum Gasteiger partial charge on any atom is 0.145 e. The van der Waals surface area contributed by atoms with Crippen molar-refractivity contribution in [2.45, 2.75) is 38.5 Å². The Bertz CT molecular complexity index is 1010. The first-order valence-electron chi connectivity index (χ1n) is 8.51. The van der Waals surface area contributed by atoms with Crippen LogP contribution >= 0.6 is 11.6 Å². The van der Waals surface area contributed by atoms with Gasteiger partial charge >= 0.3 is 0 Å². The number of benzene rings is 1. The lowest BCUT2D eigenvalue weighted by atomic mass is 9.94. The van der Waals surface area contributed by atoms with Crippen LogP contribution in [0.5, 0.6) is 0 Å². The molecule has 1 aliphatic heterocycles. The van der Waals surface area contributed by atoms with Gasteiger partial charge in [-0.3, -0.25) is 9.55 Å². The van der Waals surface area contributed by atoms with E-state index in [4.69, 9.17) is 11.6 Å². The Hall–Kier alpha value is -2.27. The SMILES string of the molecule is Cc1nnc2n1-c1c(Cl)cc(-c3cncc(F)c3C3CC3)cc1CC2. The Balaban J connectivity index is 1.71. The standard InChI is InChI=1S/C19H16ClFN4/c1-10-23-24-17-5-4-12-6-13(7-15(20)19(12)25(10)17)14-8-22-9-16(21)18(14)11-2-3-11/h6-9,11H,2-5H2,1H3. The van der Waals surface area contributed by atoms with E-state index >= 15 is 0 Å². The molecule has 3 aromatic rings. The Morgan fingerprint density at radius 1 is 1.16 bits per heavy atom. The van der Waals surface area contributed by atoms with Crippen LogP contribution in [0.3, 0.4) is 0 Å². The summed E-state index contributed by atoms with van der Waals surface area (Å²) in [4.78, 5) is 4.07. The van der Waals surface area contributed by atoms with Gasteiger partial charge in [-0.15, -0.1) is 10.2 Å². The van der Waals surface area contributed by atoms with E-state index in [1.54, 1.807) is 6.20 Å². The minimum absolute atomic E-state index is 0.217. The largest absolute Gasteiger partial charge is 0.281 e. The molecule has 1 fully saturated rings. The summed E-state index contributed by atoms with van der Waals surface area (Å²) in [7, 11) is 0. The van der Waals surface area contributed by atoms with Crippen molar-refractivity contribution in [3.8, 4) is 16.8 Å². The van der Waals surface area contributed by atoms with Gasteiger partial charge in [-0.05, 0) is 55.4 Å². The van der Waals surface area contributed by atoms with Gasteiger partial charge in [0, 0.05) is 23.7 Å². The van der Waals surface area contributed by atoms with Crippen molar-refractivity contribution in [3.63, 3.8) is 0 Å². The number of fused-ring (bicyclic) bond motifs is 3. The molecule has 25 heavy (non-hydrogen) atoms. The van der Waals surface area contributed by atoms with Crippen LogP contribution in [0.25, 0.3) is 16.8 Å². The molecular weight excluding hydrogens is 339 g/mol. The number of rotatable bonds is 2. The predicted octanol–water partition coefficient (Wildman–Crippen LogP) is 4.41. The minimum atomic E-state index is -0.217. The number of halogens is 2. The molecule has 3 heterocycles. The molecule has 0 saturated heterocycles. The highest BCUT2D eigenvalue weighted by molar-refractivity contribution is 6.33. The summed E-state index contributed by atoms with van der Waals surface area (Å²) in [6.45, 7) is 1.93. The number of nitrogens with zero attached hydrogens (tertiary/aromatic N) is 4. The van der Waals surface area contributed by atoms with Crippen molar-refractivity contribution in [2.24, 2.45) is 0 Å². The van der Waals surface area contributed by atoms with Gasteiger partial charge in [-0.25, -0.2) is 4.39 Å². The quantitative estimate of drug-likeness (QED) is 0.684. The summed E-state index contributed by atoms with van der Waals surface area (Å²) in [6.07, 6.45) is 6.82. The fourth-order valence-corrected chi connectivity index (χ4v) is 4.14. The monoisotopic (exact) mass is 354 g/mol. The molecule has 1 saturated carbocycles. The zero-order chi connectivity index (χ0) is 17.1. The topological polar surface area (TPSA) is 43.6 Å². The molecule has 2 aromatic heterocycles. The molecule has 1 aromatic carbocycles. The third-order valence-electron chi connectivity index (χ3n) is 5.11. The molecule has 0 bridgehead atoms. The van der Waals surface area contributed by atoms with E-state index in [1.807, 2.05) is 17.6 Å². The van der Waals surface area contributed by atoms with Crippen LogP contribution in [0, 0.1) is 12.7 Å². The van der Waals surface area contributed by atoms with Crippen LogP contribution in [0.15, 0.2) is 24.5 Å². The van der Waals surface area contributed by atoms with E-state index < -0.39 is 0 Å². The first kappa shape index (κ1) is 15.0. The second-order valence-corrected chi connectivity index (χ2v) is 7.23. The zero-order valence-electron chi connectivity index (χ0n) is 13.8. The van der Waals surface area contributed by atoms with Crippen molar-refractivity contribution in [1.29, 1.82) is 0 Å². The Morgan fingerprint density at radius 2 is 2.00 bits per heavy atom. The Kier molecular flexibility index (Phi) is 3.22. The second kappa shape index (κ2) is 5.36. The minimum Gasteiger partial charge on any atom is -0.281 e. The van der Waals surface area contributed by atoms with Crippen LogP contribution in [0.4, 0.5) is 4.39 Å². The van der Waals surface area contributed by atoms with E-state index in [-0.39, 0.29) is 5.82 Å². The smallest absolute Gasteiger partial charge is 0.145 e. The number of hydrogen-bond donors (Lipinski definition) is 0. The van der Waals surface area contributed by atoms with Crippen LogP contribution < -0.4 is 0 Å². The molecule has 0 spiro atoms. The number of pyridine rings is 1. The van der Waals surface area contributed by atoms with Crippen molar-refractivity contribution in [3.05, 3.63) is 58.1 Å². The predicted molar refractivity (Wildman–Crippen MR) is 93.7 cm³/mol. The molecule has 0 N–H and O–H groups in total. The van der Waals surface area contributed by atoms with Crippen LogP contribution in [0.1, 0.15) is 41.5 Å².